The Morgan fingerprint density at radius 3 is 2.59 bits per heavy atom. The molecular formula is C16H12ClFN2O2. The van der Waals surface area contributed by atoms with E-state index in [1.165, 1.54) is 12.1 Å². The summed E-state index contributed by atoms with van der Waals surface area (Å²) in [6, 6.07) is 12.1. The Bertz CT molecular complexity index is 726. The summed E-state index contributed by atoms with van der Waals surface area (Å²) in [7, 11) is 0. The monoisotopic (exact) mass is 318 g/mol. The van der Waals surface area contributed by atoms with Crippen molar-refractivity contribution in [3.05, 3.63) is 58.9 Å². The zero-order valence-electron chi connectivity index (χ0n) is 11.6. The lowest BCUT2D eigenvalue weighted by atomic mass is 10.2. The molecule has 22 heavy (non-hydrogen) atoms. The molecule has 0 aliphatic heterocycles. The predicted octanol–water partition coefficient (Wildman–Crippen LogP) is 3.76. The number of carbonyl (C=O) groups excluding carboxylic acids is 1. The summed E-state index contributed by atoms with van der Waals surface area (Å²) in [5.74, 6) is -0.436. The fourth-order valence-electron chi connectivity index (χ4n) is 1.69. The Hall–Kier alpha value is -2.58. The van der Waals surface area contributed by atoms with Crippen LogP contribution < -0.4 is 10.1 Å². The molecule has 0 fully saturated rings. The number of halogens is 2. The van der Waals surface area contributed by atoms with Crippen molar-refractivity contribution in [2.24, 2.45) is 0 Å². The average Bonchev–Trinajstić information content (AvgIpc) is 2.50. The predicted molar refractivity (Wildman–Crippen MR) is 81.3 cm³/mol. The van der Waals surface area contributed by atoms with Gasteiger partial charge in [-0.2, -0.15) is 5.26 Å². The van der Waals surface area contributed by atoms with Crippen LogP contribution in [0.25, 0.3) is 0 Å². The zero-order chi connectivity index (χ0) is 16.1. The Morgan fingerprint density at radius 2 is 2.00 bits per heavy atom. The van der Waals surface area contributed by atoms with Gasteiger partial charge in [0.05, 0.1) is 22.3 Å². The quantitative estimate of drug-likeness (QED) is 0.933. The molecule has 0 unspecified atom stereocenters. The molecule has 2 rings (SSSR count). The molecule has 1 atom stereocenters. The molecule has 0 saturated carbocycles. The van der Waals surface area contributed by atoms with E-state index in [-0.39, 0.29) is 5.02 Å². The van der Waals surface area contributed by atoms with E-state index >= 15 is 0 Å². The van der Waals surface area contributed by atoms with E-state index in [2.05, 4.69) is 5.32 Å². The first-order chi connectivity index (χ1) is 10.5. The van der Waals surface area contributed by atoms with E-state index in [0.29, 0.717) is 17.0 Å². The molecular weight excluding hydrogens is 307 g/mol. The number of anilines is 1. The van der Waals surface area contributed by atoms with Crippen LogP contribution in [0.1, 0.15) is 12.5 Å². The highest BCUT2D eigenvalue weighted by Crippen LogP contribution is 2.23. The summed E-state index contributed by atoms with van der Waals surface area (Å²) in [4.78, 5) is 12.0. The normalized spacial score (nSPS) is 11.4. The van der Waals surface area contributed by atoms with Crippen LogP contribution in [-0.2, 0) is 4.79 Å². The van der Waals surface area contributed by atoms with Crippen molar-refractivity contribution in [2.45, 2.75) is 13.0 Å². The van der Waals surface area contributed by atoms with E-state index in [1.807, 2.05) is 6.07 Å². The van der Waals surface area contributed by atoms with Crippen LogP contribution in [0, 0.1) is 17.1 Å². The summed E-state index contributed by atoms with van der Waals surface area (Å²) in [5, 5.41) is 11.4. The maximum atomic E-state index is 12.9. The van der Waals surface area contributed by atoms with Crippen molar-refractivity contribution in [3.8, 4) is 11.8 Å². The van der Waals surface area contributed by atoms with Gasteiger partial charge in [0.1, 0.15) is 11.6 Å². The molecule has 6 heteroatoms. The molecule has 2 aromatic carbocycles. The Labute approximate surface area is 132 Å². The summed E-state index contributed by atoms with van der Waals surface area (Å²) in [5.41, 5.74) is 0.811. The van der Waals surface area contributed by atoms with Crippen LogP contribution in [-0.4, -0.2) is 12.0 Å². The van der Waals surface area contributed by atoms with E-state index in [1.54, 1.807) is 31.2 Å². The first kappa shape index (κ1) is 15.8. The van der Waals surface area contributed by atoms with Gasteiger partial charge >= 0.3 is 0 Å². The minimum absolute atomic E-state index is 0.110. The Kier molecular flexibility index (Phi) is 4.97. The summed E-state index contributed by atoms with van der Waals surface area (Å²) >= 11 is 5.85. The van der Waals surface area contributed by atoms with E-state index in [4.69, 9.17) is 21.6 Å². The largest absolute Gasteiger partial charge is 0.481 e. The number of carbonyl (C=O) groups is 1. The number of nitriles is 1. The molecule has 2 aromatic rings. The minimum atomic E-state index is -0.783. The first-order valence-corrected chi connectivity index (χ1v) is 6.80. The van der Waals surface area contributed by atoms with Crippen LogP contribution in [0.5, 0.6) is 5.75 Å². The van der Waals surface area contributed by atoms with Crippen molar-refractivity contribution in [3.63, 3.8) is 0 Å². The molecule has 0 aromatic heterocycles. The lowest BCUT2D eigenvalue weighted by Crippen LogP contribution is -2.30. The molecule has 4 nitrogen and oxygen atoms in total. The summed E-state index contributed by atoms with van der Waals surface area (Å²) in [6.45, 7) is 1.57. The molecule has 1 N–H and O–H groups in total. The summed E-state index contributed by atoms with van der Waals surface area (Å²) < 4.78 is 18.4. The maximum absolute atomic E-state index is 12.9. The van der Waals surface area contributed by atoms with Crippen molar-refractivity contribution in [2.75, 3.05) is 5.32 Å². The van der Waals surface area contributed by atoms with Gasteiger partial charge in [0.2, 0.25) is 0 Å². The van der Waals surface area contributed by atoms with Crippen LogP contribution in [0.4, 0.5) is 10.1 Å². The standard InChI is InChI=1S/C16H12ClFN2O2/c1-10(22-13-5-2-11(9-19)3-6-13)16(21)20-15-7-4-12(18)8-14(15)17/h2-8,10H,1H3,(H,20,21)/t10-/m0/s1. The zero-order valence-corrected chi connectivity index (χ0v) is 12.4. The number of nitrogens with zero attached hydrogens (tertiary/aromatic N) is 1. The topological polar surface area (TPSA) is 62.1 Å². The van der Waals surface area contributed by atoms with Gasteiger partial charge < -0.3 is 10.1 Å². The van der Waals surface area contributed by atoms with Crippen molar-refractivity contribution in [1.82, 2.24) is 0 Å². The third-order valence-electron chi connectivity index (χ3n) is 2.85. The SMILES string of the molecule is C[C@H](Oc1ccc(C#N)cc1)C(=O)Nc1ccc(F)cc1Cl. The van der Waals surface area contributed by atoms with Gasteiger partial charge in [-0.15, -0.1) is 0 Å². The third-order valence-corrected chi connectivity index (χ3v) is 3.17. The van der Waals surface area contributed by atoms with Gasteiger partial charge in [0.25, 0.3) is 5.91 Å². The Morgan fingerprint density at radius 1 is 1.32 bits per heavy atom. The molecule has 0 spiro atoms. The average molecular weight is 319 g/mol. The molecule has 0 saturated heterocycles. The van der Waals surface area contributed by atoms with E-state index in [9.17, 15) is 9.18 Å². The van der Waals surface area contributed by atoms with Gasteiger partial charge in [-0.25, -0.2) is 4.39 Å². The molecule has 0 radical (unpaired) electrons. The number of hydrogen-bond donors (Lipinski definition) is 1. The highest BCUT2D eigenvalue weighted by atomic mass is 35.5. The van der Waals surface area contributed by atoms with Gasteiger partial charge in [0, 0.05) is 0 Å². The second kappa shape index (κ2) is 6.92. The molecule has 112 valence electrons. The van der Waals surface area contributed by atoms with Crippen molar-refractivity contribution in [1.29, 1.82) is 5.26 Å². The van der Waals surface area contributed by atoms with Crippen molar-refractivity contribution < 1.29 is 13.9 Å². The molecule has 0 bridgehead atoms. The van der Waals surface area contributed by atoms with Crippen LogP contribution in [0.2, 0.25) is 5.02 Å². The molecule has 0 aliphatic carbocycles. The molecule has 0 aliphatic rings. The minimum Gasteiger partial charge on any atom is -0.481 e. The van der Waals surface area contributed by atoms with Gasteiger partial charge in [0.15, 0.2) is 6.10 Å². The number of nitrogens with one attached hydrogen (secondary N) is 1. The lowest BCUT2D eigenvalue weighted by Gasteiger charge is -2.15. The number of amides is 1. The third kappa shape index (κ3) is 3.96. The van der Waals surface area contributed by atoms with Gasteiger partial charge in [-0.05, 0) is 49.4 Å². The van der Waals surface area contributed by atoms with Gasteiger partial charge in [-0.3, -0.25) is 4.79 Å². The fourth-order valence-corrected chi connectivity index (χ4v) is 1.91. The number of rotatable bonds is 4. The fraction of sp³-hybridized carbons (Fsp3) is 0.125. The number of hydrogen-bond acceptors (Lipinski definition) is 3. The van der Waals surface area contributed by atoms with E-state index in [0.717, 1.165) is 6.07 Å². The molecule has 0 heterocycles. The number of ether oxygens (including phenoxy) is 1. The summed E-state index contributed by atoms with van der Waals surface area (Å²) in [6.07, 6.45) is -0.783. The van der Waals surface area contributed by atoms with Gasteiger partial charge in [-0.1, -0.05) is 11.6 Å². The first-order valence-electron chi connectivity index (χ1n) is 6.42. The van der Waals surface area contributed by atoms with Crippen molar-refractivity contribution >= 4 is 23.2 Å². The lowest BCUT2D eigenvalue weighted by molar-refractivity contribution is -0.122. The van der Waals surface area contributed by atoms with Crippen LogP contribution in [0.3, 0.4) is 0 Å². The van der Waals surface area contributed by atoms with Crippen LogP contribution >= 0.6 is 11.6 Å². The molecule has 1 amide bonds. The second-order valence-corrected chi connectivity index (χ2v) is 4.92. The highest BCUT2D eigenvalue weighted by molar-refractivity contribution is 6.33. The maximum Gasteiger partial charge on any atom is 0.265 e. The number of benzene rings is 2. The second-order valence-electron chi connectivity index (χ2n) is 4.51. The van der Waals surface area contributed by atoms with Crippen LogP contribution in [0.15, 0.2) is 42.5 Å². The Balaban J connectivity index is 2.01. The highest BCUT2D eigenvalue weighted by Gasteiger charge is 2.16. The smallest absolute Gasteiger partial charge is 0.265 e. The van der Waals surface area contributed by atoms with E-state index < -0.39 is 17.8 Å².